The molecular formula is C32H49N5O5Si. The van der Waals surface area contributed by atoms with Crippen molar-refractivity contribution in [3.05, 3.63) is 23.9 Å². The van der Waals surface area contributed by atoms with Gasteiger partial charge in [-0.3, -0.25) is 19.6 Å². The number of piperidine rings is 3. The van der Waals surface area contributed by atoms with Crippen molar-refractivity contribution in [3.63, 3.8) is 0 Å². The first kappa shape index (κ1) is 31.5. The molecule has 0 radical (unpaired) electrons. The number of imide groups is 1. The van der Waals surface area contributed by atoms with E-state index in [9.17, 15) is 14.4 Å². The van der Waals surface area contributed by atoms with Crippen molar-refractivity contribution >= 4 is 42.8 Å². The lowest BCUT2D eigenvalue weighted by Crippen LogP contribution is -2.53. The van der Waals surface area contributed by atoms with Gasteiger partial charge >= 0.3 is 6.09 Å². The van der Waals surface area contributed by atoms with Crippen LogP contribution in [0.4, 0.5) is 10.5 Å². The van der Waals surface area contributed by atoms with E-state index in [1.165, 1.54) is 5.69 Å². The smallest absolute Gasteiger partial charge is 0.410 e. The molecule has 1 unspecified atom stereocenters. The molecular weight excluding hydrogens is 562 g/mol. The van der Waals surface area contributed by atoms with Crippen molar-refractivity contribution in [2.24, 2.45) is 13.0 Å². The molecule has 0 aliphatic carbocycles. The second-order valence-electron chi connectivity index (χ2n) is 14.7. The van der Waals surface area contributed by atoms with Crippen LogP contribution in [-0.2, 0) is 25.8 Å². The minimum absolute atomic E-state index is 0.185. The van der Waals surface area contributed by atoms with Crippen LogP contribution in [0.25, 0.3) is 10.9 Å². The molecule has 0 bridgehead atoms. The number of rotatable bonds is 6. The van der Waals surface area contributed by atoms with Gasteiger partial charge < -0.3 is 19.0 Å². The van der Waals surface area contributed by atoms with Gasteiger partial charge in [-0.25, -0.2) is 4.79 Å². The van der Waals surface area contributed by atoms with Crippen LogP contribution in [0.1, 0.15) is 77.3 Å². The first-order chi connectivity index (χ1) is 20.1. The van der Waals surface area contributed by atoms with Crippen LogP contribution in [0, 0.1) is 5.92 Å². The van der Waals surface area contributed by atoms with Crippen LogP contribution in [0.15, 0.2) is 18.2 Å². The van der Waals surface area contributed by atoms with Gasteiger partial charge in [0.15, 0.2) is 8.32 Å². The van der Waals surface area contributed by atoms with Gasteiger partial charge in [-0.15, -0.1) is 0 Å². The highest BCUT2D eigenvalue weighted by molar-refractivity contribution is 6.69. The zero-order valence-electron chi connectivity index (χ0n) is 27.0. The van der Waals surface area contributed by atoms with Crippen molar-refractivity contribution in [1.82, 2.24) is 20.0 Å². The summed E-state index contributed by atoms with van der Waals surface area (Å²) in [5.41, 5.74) is 2.24. The maximum absolute atomic E-state index is 12.7. The molecule has 3 fully saturated rings. The van der Waals surface area contributed by atoms with E-state index in [2.05, 4.69) is 48.1 Å². The Labute approximate surface area is 256 Å². The average Bonchev–Trinajstić information content (AvgIpc) is 3.23. The fourth-order valence-electron chi connectivity index (χ4n) is 7.02. The van der Waals surface area contributed by atoms with Crippen LogP contribution in [0.2, 0.25) is 19.6 Å². The number of likely N-dealkylation sites (tertiary alicyclic amines) is 1. The summed E-state index contributed by atoms with van der Waals surface area (Å²) in [4.78, 5) is 41.2. The van der Waals surface area contributed by atoms with Crippen LogP contribution < -0.4 is 10.2 Å². The number of carbonyl (C=O) groups is 3. The van der Waals surface area contributed by atoms with Gasteiger partial charge in [0.2, 0.25) is 11.8 Å². The molecule has 3 saturated heterocycles. The Hall–Kier alpha value is -2.92. The third kappa shape index (κ3) is 7.42. The summed E-state index contributed by atoms with van der Waals surface area (Å²) in [6.45, 7) is 15.8. The van der Waals surface area contributed by atoms with Gasteiger partial charge in [0.05, 0.1) is 22.7 Å². The van der Waals surface area contributed by atoms with Crippen LogP contribution in [0.3, 0.4) is 0 Å². The number of ether oxygens (including phenoxy) is 1. The first-order valence-electron chi connectivity index (χ1n) is 15.8. The molecule has 3 aliphatic rings. The number of anilines is 1. The maximum Gasteiger partial charge on any atom is 0.410 e. The highest BCUT2D eigenvalue weighted by atomic mass is 28.4. The topological polar surface area (TPSA) is 106 Å². The summed E-state index contributed by atoms with van der Waals surface area (Å²) >= 11 is 0. The normalized spacial score (nSPS) is 22.2. The molecule has 1 aromatic carbocycles. The van der Waals surface area contributed by atoms with Gasteiger partial charge in [0.1, 0.15) is 5.60 Å². The largest absolute Gasteiger partial charge is 0.444 e. The lowest BCUT2D eigenvalue weighted by Gasteiger charge is -2.47. The minimum Gasteiger partial charge on any atom is -0.444 e. The van der Waals surface area contributed by atoms with E-state index in [1.807, 2.05) is 37.4 Å². The Morgan fingerprint density at radius 3 is 2.35 bits per heavy atom. The number of carbonyl (C=O) groups excluding carboxylic acids is 3. The molecule has 236 valence electrons. The third-order valence-electron chi connectivity index (χ3n) is 8.92. The molecule has 0 spiro atoms. The second-order valence-corrected chi connectivity index (χ2v) is 19.1. The molecule has 43 heavy (non-hydrogen) atoms. The lowest BCUT2D eigenvalue weighted by atomic mass is 9.79. The van der Waals surface area contributed by atoms with Gasteiger partial charge in [-0.1, -0.05) is 0 Å². The van der Waals surface area contributed by atoms with Crippen LogP contribution in [0.5, 0.6) is 0 Å². The summed E-state index contributed by atoms with van der Waals surface area (Å²) in [6, 6.07) is 6.40. The minimum atomic E-state index is -1.80. The number of amides is 3. The van der Waals surface area contributed by atoms with Crippen LogP contribution >= 0.6 is 0 Å². The number of hydrogen-bond acceptors (Lipinski definition) is 7. The van der Waals surface area contributed by atoms with E-state index in [4.69, 9.17) is 14.3 Å². The summed E-state index contributed by atoms with van der Waals surface area (Å²) in [7, 11) is 0.116. The van der Waals surface area contributed by atoms with E-state index < -0.39 is 19.8 Å². The molecule has 0 saturated carbocycles. The monoisotopic (exact) mass is 611 g/mol. The number of nitrogens with zero attached hydrogens (tertiary/aromatic N) is 4. The summed E-state index contributed by atoms with van der Waals surface area (Å²) < 4.78 is 14.4. The van der Waals surface area contributed by atoms with Crippen molar-refractivity contribution in [2.45, 2.75) is 102 Å². The van der Waals surface area contributed by atoms with E-state index >= 15 is 0 Å². The van der Waals surface area contributed by atoms with Gasteiger partial charge in [0, 0.05) is 50.7 Å². The molecule has 4 heterocycles. The molecule has 1 atom stereocenters. The predicted molar refractivity (Wildman–Crippen MR) is 170 cm³/mol. The summed E-state index contributed by atoms with van der Waals surface area (Å²) in [5.74, 6) is -0.296. The highest BCUT2D eigenvalue weighted by Crippen LogP contribution is 2.40. The Bertz CT molecular complexity index is 1360. The lowest BCUT2D eigenvalue weighted by molar-refractivity contribution is -0.134. The average molecular weight is 612 g/mol. The summed E-state index contributed by atoms with van der Waals surface area (Å²) in [5, 5.41) is 8.14. The molecule has 1 N–H and O–H groups in total. The van der Waals surface area contributed by atoms with E-state index in [-0.39, 0.29) is 23.5 Å². The maximum atomic E-state index is 12.7. The number of aromatic nitrogens is 2. The number of nitrogens with one attached hydrogen (secondary N) is 1. The quantitative estimate of drug-likeness (QED) is 0.348. The SMILES string of the molecule is Cn1nc(C2CCC(=O)NC2=O)c2ccc(N3CCC(CC4(O[Si](C)(C)C)CCN(C(=O)OC(C)(C)C)CC4)CC3)cc21. The molecule has 10 nitrogen and oxygen atoms in total. The molecule has 5 rings (SSSR count). The number of hydrogen-bond donors (Lipinski definition) is 1. The van der Waals surface area contributed by atoms with Crippen molar-refractivity contribution < 1.29 is 23.5 Å². The first-order valence-corrected chi connectivity index (χ1v) is 19.3. The van der Waals surface area contributed by atoms with E-state index in [1.54, 1.807) is 0 Å². The van der Waals surface area contributed by atoms with E-state index in [0.717, 1.165) is 61.8 Å². The molecule has 3 amide bonds. The van der Waals surface area contributed by atoms with Crippen molar-refractivity contribution in [3.8, 4) is 0 Å². The summed E-state index contributed by atoms with van der Waals surface area (Å²) in [6.07, 6.45) is 5.53. The number of fused-ring (bicyclic) bond motifs is 1. The van der Waals surface area contributed by atoms with Crippen molar-refractivity contribution in [1.29, 1.82) is 0 Å². The van der Waals surface area contributed by atoms with Gasteiger partial charge in [0.25, 0.3) is 0 Å². The third-order valence-corrected chi connectivity index (χ3v) is 9.97. The van der Waals surface area contributed by atoms with Gasteiger partial charge in [-0.2, -0.15) is 5.10 Å². The Kier molecular flexibility index (Phi) is 8.70. The zero-order chi connectivity index (χ0) is 31.2. The zero-order valence-corrected chi connectivity index (χ0v) is 28.0. The van der Waals surface area contributed by atoms with Crippen LogP contribution in [-0.4, -0.2) is 78.3 Å². The molecule has 11 heteroatoms. The van der Waals surface area contributed by atoms with Gasteiger partial charge in [-0.05, 0) is 103 Å². The Morgan fingerprint density at radius 2 is 1.74 bits per heavy atom. The molecule has 3 aliphatic heterocycles. The van der Waals surface area contributed by atoms with Crippen molar-refractivity contribution in [2.75, 3.05) is 31.1 Å². The second kappa shape index (κ2) is 11.9. The number of benzene rings is 1. The Morgan fingerprint density at radius 1 is 1.07 bits per heavy atom. The van der Waals surface area contributed by atoms with E-state index in [0.29, 0.717) is 31.8 Å². The Balaban J connectivity index is 1.23. The standard InChI is InChI=1S/C32H49N5O5Si/c1-31(2,3)41-30(40)37-18-14-32(15-19-37,42-43(5,6)7)21-22-12-16-36(17-13-22)23-8-9-24-26(20-23)35(4)34-28(24)25-10-11-27(38)33-29(25)39/h8-9,20,22,25H,10-19,21H2,1-7H3,(H,33,38,39). The number of aryl methyl sites for hydroxylation is 1. The molecule has 1 aromatic heterocycles. The fourth-order valence-corrected chi connectivity index (χ4v) is 8.61. The molecule has 2 aromatic rings. The highest BCUT2D eigenvalue weighted by Gasteiger charge is 2.43. The predicted octanol–water partition coefficient (Wildman–Crippen LogP) is 5.32. The fraction of sp³-hybridized carbons (Fsp3) is 0.688.